The molecule has 0 fully saturated rings. The van der Waals surface area contributed by atoms with Crippen LogP contribution in [0.2, 0.25) is 0 Å². The van der Waals surface area contributed by atoms with E-state index in [1.54, 1.807) is 24.3 Å². The van der Waals surface area contributed by atoms with E-state index in [0.717, 1.165) is 11.1 Å². The second-order valence-corrected chi connectivity index (χ2v) is 6.57. The van der Waals surface area contributed by atoms with E-state index in [0.29, 0.717) is 19.6 Å². The molecule has 22 heavy (non-hydrogen) atoms. The minimum absolute atomic E-state index is 0.232. The van der Waals surface area contributed by atoms with Crippen LogP contribution < -0.4 is 0 Å². The van der Waals surface area contributed by atoms with Crippen LogP contribution in [-0.2, 0) is 21.2 Å². The first kappa shape index (κ1) is 16.3. The molecule has 0 aliphatic carbocycles. The summed E-state index contributed by atoms with van der Waals surface area (Å²) in [5, 5.41) is 2.34. The first-order valence-electron chi connectivity index (χ1n) is 7.01. The van der Waals surface area contributed by atoms with Crippen LogP contribution in [0.4, 0.5) is 0 Å². The van der Waals surface area contributed by atoms with Crippen molar-refractivity contribution in [1.82, 2.24) is 0 Å². The summed E-state index contributed by atoms with van der Waals surface area (Å²) >= 11 is 0. The molecule has 2 aromatic carbocycles. The summed E-state index contributed by atoms with van der Waals surface area (Å²) in [6.07, 6.45) is 0.387. The molecular formula is C18H18O3S. The van der Waals surface area contributed by atoms with Crippen molar-refractivity contribution in [2.45, 2.75) is 24.8 Å². The highest BCUT2D eigenvalue weighted by atomic mass is 32.2. The first-order valence-corrected chi connectivity index (χ1v) is 8.49. The lowest BCUT2D eigenvalue weighted by atomic mass is 10.2. The lowest BCUT2D eigenvalue weighted by Crippen LogP contribution is -1.98. The molecule has 0 radical (unpaired) electrons. The van der Waals surface area contributed by atoms with Crippen LogP contribution in [0.3, 0.4) is 0 Å². The molecule has 114 valence electrons. The standard InChI is InChI=1S/C18H18O3S/c1-16-9-11-18(12-10-16)22(19,20)14-6-5-13-21-15-17-7-3-2-4-8-17/h2-4,7-12H,5,13,15H2,1H3. The van der Waals surface area contributed by atoms with Gasteiger partial charge in [-0.1, -0.05) is 53.9 Å². The number of sulfone groups is 1. The van der Waals surface area contributed by atoms with Crippen molar-refractivity contribution < 1.29 is 13.2 Å². The number of benzene rings is 2. The highest BCUT2D eigenvalue weighted by Crippen LogP contribution is 2.11. The third-order valence-corrected chi connectivity index (χ3v) is 4.33. The molecule has 3 nitrogen and oxygen atoms in total. The molecule has 0 amide bonds. The summed E-state index contributed by atoms with van der Waals surface area (Å²) in [5.41, 5.74) is 2.10. The molecule has 0 atom stereocenters. The van der Waals surface area contributed by atoms with Gasteiger partial charge in [0.05, 0.1) is 18.1 Å². The van der Waals surface area contributed by atoms with Crippen LogP contribution in [0.5, 0.6) is 0 Å². The van der Waals surface area contributed by atoms with Crippen molar-refractivity contribution in [1.29, 1.82) is 0 Å². The van der Waals surface area contributed by atoms with Gasteiger partial charge in [0, 0.05) is 11.7 Å². The monoisotopic (exact) mass is 314 g/mol. The van der Waals surface area contributed by atoms with Crippen LogP contribution in [0.25, 0.3) is 0 Å². The van der Waals surface area contributed by atoms with E-state index < -0.39 is 9.84 Å². The molecule has 0 unspecified atom stereocenters. The van der Waals surface area contributed by atoms with Gasteiger partial charge < -0.3 is 4.74 Å². The van der Waals surface area contributed by atoms with Crippen molar-refractivity contribution >= 4 is 9.84 Å². The summed E-state index contributed by atoms with van der Waals surface area (Å²) in [4.78, 5) is 0.232. The predicted molar refractivity (Wildman–Crippen MR) is 86.9 cm³/mol. The molecule has 0 aliphatic heterocycles. The average molecular weight is 314 g/mol. The predicted octanol–water partition coefficient (Wildman–Crippen LogP) is 3.34. The Hall–Kier alpha value is -2.09. The first-order chi connectivity index (χ1) is 10.6. The zero-order valence-corrected chi connectivity index (χ0v) is 13.3. The van der Waals surface area contributed by atoms with Crippen molar-refractivity contribution in [2.75, 3.05) is 6.61 Å². The Labute approximate surface area is 131 Å². The summed E-state index contributed by atoms with van der Waals surface area (Å²) in [6, 6.07) is 16.5. The molecule has 0 saturated heterocycles. The topological polar surface area (TPSA) is 43.4 Å². The van der Waals surface area contributed by atoms with Crippen LogP contribution in [0, 0.1) is 18.1 Å². The van der Waals surface area contributed by atoms with Gasteiger partial charge in [0.15, 0.2) is 0 Å². The van der Waals surface area contributed by atoms with Crippen LogP contribution >= 0.6 is 0 Å². The molecule has 2 rings (SSSR count). The Kier molecular flexibility index (Phi) is 5.76. The van der Waals surface area contributed by atoms with Crippen LogP contribution in [0.15, 0.2) is 59.5 Å². The average Bonchev–Trinajstić information content (AvgIpc) is 2.52. The Bertz CT molecular complexity index is 751. The van der Waals surface area contributed by atoms with Gasteiger partial charge in [0.2, 0.25) is 9.84 Å². The van der Waals surface area contributed by atoms with Gasteiger partial charge >= 0.3 is 0 Å². The molecule has 0 aromatic heterocycles. The van der Waals surface area contributed by atoms with Gasteiger partial charge in [-0.15, -0.1) is 0 Å². The van der Waals surface area contributed by atoms with Crippen molar-refractivity contribution in [3.05, 3.63) is 65.7 Å². The van der Waals surface area contributed by atoms with E-state index in [2.05, 4.69) is 11.2 Å². The van der Waals surface area contributed by atoms with Gasteiger partial charge in [-0.05, 0) is 24.6 Å². The van der Waals surface area contributed by atoms with Crippen LogP contribution in [-0.4, -0.2) is 15.0 Å². The fourth-order valence-electron chi connectivity index (χ4n) is 1.81. The molecule has 2 aromatic rings. The summed E-state index contributed by atoms with van der Waals surface area (Å²) in [7, 11) is -3.53. The van der Waals surface area contributed by atoms with Gasteiger partial charge in [-0.25, -0.2) is 8.42 Å². The van der Waals surface area contributed by atoms with E-state index in [9.17, 15) is 8.42 Å². The zero-order chi connectivity index (χ0) is 15.8. The van der Waals surface area contributed by atoms with E-state index in [1.165, 1.54) is 0 Å². The van der Waals surface area contributed by atoms with Crippen molar-refractivity contribution in [3.63, 3.8) is 0 Å². The fraction of sp³-hybridized carbons (Fsp3) is 0.222. The quantitative estimate of drug-likeness (QED) is 0.483. The van der Waals surface area contributed by atoms with Gasteiger partial charge in [0.1, 0.15) is 0 Å². The lowest BCUT2D eigenvalue weighted by Gasteiger charge is -2.01. The molecular weight excluding hydrogens is 296 g/mol. The highest BCUT2D eigenvalue weighted by molar-refractivity contribution is 7.96. The second kappa shape index (κ2) is 7.79. The van der Waals surface area contributed by atoms with Crippen molar-refractivity contribution in [2.24, 2.45) is 0 Å². The van der Waals surface area contributed by atoms with Gasteiger partial charge in [-0.3, -0.25) is 0 Å². The molecule has 0 spiro atoms. The Balaban J connectivity index is 1.82. The SMILES string of the molecule is Cc1ccc(S(=O)(=O)C#CCCOCc2ccccc2)cc1. The number of rotatable bonds is 5. The second-order valence-electron chi connectivity index (χ2n) is 4.88. The molecule has 0 N–H and O–H groups in total. The molecule has 0 aliphatic rings. The molecule has 0 bridgehead atoms. The number of hydrogen-bond acceptors (Lipinski definition) is 3. The van der Waals surface area contributed by atoms with Crippen LogP contribution in [0.1, 0.15) is 17.5 Å². The minimum Gasteiger partial charge on any atom is -0.376 e. The maximum absolute atomic E-state index is 12.0. The van der Waals surface area contributed by atoms with E-state index >= 15 is 0 Å². The Morgan fingerprint density at radius 3 is 2.36 bits per heavy atom. The van der Waals surface area contributed by atoms with E-state index in [4.69, 9.17) is 4.74 Å². The normalized spacial score (nSPS) is 10.8. The van der Waals surface area contributed by atoms with Gasteiger partial charge in [0.25, 0.3) is 0 Å². The third kappa shape index (κ3) is 5.03. The highest BCUT2D eigenvalue weighted by Gasteiger charge is 2.09. The zero-order valence-electron chi connectivity index (χ0n) is 12.5. The minimum atomic E-state index is -3.53. The lowest BCUT2D eigenvalue weighted by molar-refractivity contribution is 0.126. The van der Waals surface area contributed by atoms with E-state index in [1.807, 2.05) is 37.3 Å². The number of hydrogen-bond donors (Lipinski definition) is 0. The molecule has 4 heteroatoms. The Morgan fingerprint density at radius 2 is 1.68 bits per heavy atom. The molecule has 0 saturated carbocycles. The molecule has 0 heterocycles. The summed E-state index contributed by atoms with van der Waals surface area (Å²) < 4.78 is 29.4. The number of ether oxygens (including phenoxy) is 1. The smallest absolute Gasteiger partial charge is 0.245 e. The van der Waals surface area contributed by atoms with E-state index in [-0.39, 0.29) is 4.90 Å². The summed E-state index contributed by atoms with van der Waals surface area (Å²) in [6.45, 7) is 2.82. The maximum atomic E-state index is 12.0. The summed E-state index contributed by atoms with van der Waals surface area (Å²) in [5.74, 6) is 2.66. The largest absolute Gasteiger partial charge is 0.376 e. The van der Waals surface area contributed by atoms with Crippen molar-refractivity contribution in [3.8, 4) is 11.2 Å². The Morgan fingerprint density at radius 1 is 1.00 bits per heavy atom. The van der Waals surface area contributed by atoms with Gasteiger partial charge in [-0.2, -0.15) is 0 Å². The third-order valence-electron chi connectivity index (χ3n) is 3.02. The number of aryl methyl sites for hydroxylation is 1. The fourth-order valence-corrected chi connectivity index (χ4v) is 2.71. The maximum Gasteiger partial charge on any atom is 0.245 e.